The molecule has 0 bridgehead atoms. The van der Waals surface area contributed by atoms with Crippen molar-refractivity contribution in [2.24, 2.45) is 0 Å². The summed E-state index contributed by atoms with van der Waals surface area (Å²) >= 11 is 2.52. The quantitative estimate of drug-likeness (QED) is 0.752. The van der Waals surface area contributed by atoms with Crippen molar-refractivity contribution in [3.8, 4) is 5.75 Å². The van der Waals surface area contributed by atoms with Gasteiger partial charge in [-0.15, -0.1) is 0 Å². The van der Waals surface area contributed by atoms with Crippen LogP contribution in [-0.4, -0.2) is 16.8 Å². The predicted octanol–water partition coefficient (Wildman–Crippen LogP) is 1.09. The molecule has 11 heavy (non-hydrogen) atoms. The van der Waals surface area contributed by atoms with Crippen molar-refractivity contribution >= 4 is 4.57 Å². The number of hydrogen-bond acceptors (Lipinski definition) is 2. The van der Waals surface area contributed by atoms with Crippen LogP contribution in [0.2, 0.25) is 0 Å². The van der Waals surface area contributed by atoms with Gasteiger partial charge in [-0.25, -0.2) is 0 Å². The van der Waals surface area contributed by atoms with E-state index < -0.39 is 0 Å². The molecule has 0 saturated heterocycles. The minimum absolute atomic E-state index is 0.155. The van der Waals surface area contributed by atoms with E-state index in [-0.39, 0.29) is 4.57 Å². The number of aliphatic hydroxyl groups excluding tert-OH is 1. The summed E-state index contributed by atoms with van der Waals surface area (Å²) in [4.78, 5) is 0. The van der Waals surface area contributed by atoms with Gasteiger partial charge in [-0.3, -0.25) is 0 Å². The van der Waals surface area contributed by atoms with Crippen LogP contribution in [0.1, 0.15) is 5.56 Å². The molecule has 1 N–H and O–H groups in total. The van der Waals surface area contributed by atoms with Crippen molar-refractivity contribution in [2.75, 3.05) is 7.11 Å². The Kier molecular flexibility index (Phi) is 2.84. The predicted molar refractivity (Wildman–Crippen MR) is 39.0 cm³/mol. The number of methoxy groups -OCH3 is 1. The average molecular weight is 188 g/mol. The van der Waals surface area contributed by atoms with Gasteiger partial charge < -0.3 is 0 Å². The fourth-order valence-corrected chi connectivity index (χ4v) is 1.08. The second-order valence-corrected chi connectivity index (χ2v) is 2.61. The molecular formula is C8H8CrO2. The molecule has 0 amide bonds. The first kappa shape index (κ1) is 8.48. The van der Waals surface area contributed by atoms with Crippen molar-refractivity contribution in [3.63, 3.8) is 0 Å². The first-order valence-electron chi connectivity index (χ1n) is 3.12. The van der Waals surface area contributed by atoms with E-state index in [1.807, 2.05) is 12.1 Å². The molecule has 0 unspecified atom stereocenters. The van der Waals surface area contributed by atoms with Gasteiger partial charge in [-0.1, -0.05) is 0 Å². The van der Waals surface area contributed by atoms with Gasteiger partial charge in [0.1, 0.15) is 0 Å². The molecule has 0 atom stereocenters. The maximum atomic E-state index is 9.12. The summed E-state index contributed by atoms with van der Waals surface area (Å²) in [5, 5.41) is 9.12. The van der Waals surface area contributed by atoms with Crippen LogP contribution in [0.15, 0.2) is 24.3 Å². The number of ether oxygens (including phenoxy) is 1. The molecular weight excluding hydrogens is 180 g/mol. The second kappa shape index (κ2) is 3.68. The third-order valence-electron chi connectivity index (χ3n) is 1.34. The Labute approximate surface area is 73.4 Å². The first-order valence-corrected chi connectivity index (χ1v) is 3.75. The molecule has 0 saturated carbocycles. The molecule has 0 aromatic heterocycles. The van der Waals surface area contributed by atoms with E-state index in [4.69, 9.17) is 9.84 Å². The molecule has 0 radical (unpaired) electrons. The average Bonchev–Trinajstić information content (AvgIpc) is 2.04. The summed E-state index contributed by atoms with van der Waals surface area (Å²) in [6, 6.07) is 7.27. The zero-order valence-corrected chi connectivity index (χ0v) is 7.35. The first-order chi connectivity index (χ1) is 5.25. The van der Waals surface area contributed by atoms with Crippen LogP contribution in [-0.2, 0) is 15.9 Å². The van der Waals surface area contributed by atoms with Crippen LogP contribution >= 0.6 is 0 Å². The van der Waals surface area contributed by atoms with Gasteiger partial charge in [0.15, 0.2) is 0 Å². The summed E-state index contributed by atoms with van der Waals surface area (Å²) in [7, 11) is 1.57. The maximum absolute atomic E-state index is 9.12. The summed E-state index contributed by atoms with van der Waals surface area (Å²) in [6.45, 7) is 0. The molecule has 2 nitrogen and oxygen atoms in total. The van der Waals surface area contributed by atoms with Crippen LogP contribution in [0.4, 0.5) is 0 Å². The van der Waals surface area contributed by atoms with Gasteiger partial charge in [-0.05, 0) is 0 Å². The van der Waals surface area contributed by atoms with E-state index >= 15 is 0 Å². The van der Waals surface area contributed by atoms with Gasteiger partial charge in [0, 0.05) is 0 Å². The molecule has 0 heterocycles. The van der Waals surface area contributed by atoms with Gasteiger partial charge in [0.25, 0.3) is 0 Å². The fourth-order valence-electron chi connectivity index (χ4n) is 0.821. The zero-order chi connectivity index (χ0) is 8.27. The van der Waals surface area contributed by atoms with E-state index in [9.17, 15) is 0 Å². The van der Waals surface area contributed by atoms with E-state index in [0.717, 1.165) is 0 Å². The van der Waals surface area contributed by atoms with Crippen LogP contribution < -0.4 is 4.74 Å². The van der Waals surface area contributed by atoms with Crippen molar-refractivity contribution < 1.29 is 25.7 Å². The van der Waals surface area contributed by atoms with Crippen molar-refractivity contribution in [2.45, 2.75) is 0 Å². The minimum atomic E-state index is 0.155. The van der Waals surface area contributed by atoms with E-state index in [0.29, 0.717) is 11.3 Å². The Morgan fingerprint density at radius 1 is 1.45 bits per heavy atom. The third kappa shape index (κ3) is 1.91. The third-order valence-corrected chi connectivity index (χ3v) is 1.68. The Balaban J connectivity index is 3.12. The Hall–Kier alpha value is -0.618. The van der Waals surface area contributed by atoms with Crippen LogP contribution in [0.5, 0.6) is 5.75 Å². The zero-order valence-electron chi connectivity index (χ0n) is 6.07. The molecule has 0 fully saturated rings. The van der Waals surface area contributed by atoms with Crippen molar-refractivity contribution in [1.82, 2.24) is 0 Å². The summed E-state index contributed by atoms with van der Waals surface area (Å²) in [5.41, 5.74) is 0.690. The molecule has 0 spiro atoms. The standard InChI is InChI=1S/C8H8O2.Cr/c1-10-8-5-3-2-4-7(8)6-9;/h2-5,9H,1H3;. The van der Waals surface area contributed by atoms with E-state index in [2.05, 4.69) is 15.9 Å². The van der Waals surface area contributed by atoms with Gasteiger partial charge in [0.05, 0.1) is 0 Å². The van der Waals surface area contributed by atoms with Crippen molar-refractivity contribution in [3.05, 3.63) is 29.8 Å². The Morgan fingerprint density at radius 3 is 2.55 bits per heavy atom. The molecule has 0 aliphatic carbocycles. The molecule has 3 heteroatoms. The van der Waals surface area contributed by atoms with E-state index in [1.165, 1.54) is 0 Å². The molecule has 1 aromatic carbocycles. The number of hydrogen-bond donors (Lipinski definition) is 1. The molecule has 1 rings (SSSR count). The number of rotatable bonds is 2. The SMILES string of the molecule is COc1ccccc1[C](O)=[Cr]. The summed E-state index contributed by atoms with van der Waals surface area (Å²) < 4.78 is 5.16. The van der Waals surface area contributed by atoms with Crippen LogP contribution in [0, 0.1) is 0 Å². The molecule has 0 aliphatic heterocycles. The second-order valence-electron chi connectivity index (χ2n) is 2.01. The summed E-state index contributed by atoms with van der Waals surface area (Å²) in [6.07, 6.45) is 0. The summed E-state index contributed by atoms with van der Waals surface area (Å²) in [5.74, 6) is 0.670. The number of benzene rings is 1. The number of para-hydroxylation sites is 1. The van der Waals surface area contributed by atoms with Crippen molar-refractivity contribution in [1.29, 1.82) is 0 Å². The Morgan fingerprint density at radius 2 is 2.09 bits per heavy atom. The van der Waals surface area contributed by atoms with Gasteiger partial charge in [0.2, 0.25) is 0 Å². The molecule has 0 aliphatic rings. The number of aliphatic hydroxyl groups is 1. The van der Waals surface area contributed by atoms with E-state index in [1.54, 1.807) is 19.2 Å². The van der Waals surface area contributed by atoms with Crippen LogP contribution in [0.3, 0.4) is 0 Å². The molecule has 58 valence electrons. The van der Waals surface area contributed by atoms with Crippen LogP contribution in [0.25, 0.3) is 0 Å². The molecule has 1 aromatic rings. The fraction of sp³-hybridized carbons (Fsp3) is 0.125. The van der Waals surface area contributed by atoms with Gasteiger partial charge >= 0.3 is 72.9 Å². The monoisotopic (exact) mass is 188 g/mol. The topological polar surface area (TPSA) is 29.5 Å². The normalized spacial score (nSPS) is 9.27. The van der Waals surface area contributed by atoms with Gasteiger partial charge in [-0.2, -0.15) is 0 Å². The Bertz CT molecular complexity index is 271.